The highest BCUT2D eigenvalue weighted by Gasteiger charge is 2.08. The van der Waals surface area contributed by atoms with Crippen molar-refractivity contribution in [3.8, 4) is 11.5 Å². The number of allylic oxidation sites excluding steroid dienone is 1. The fraction of sp³-hybridized carbons (Fsp3) is 0.500. The van der Waals surface area contributed by atoms with Gasteiger partial charge in [-0.2, -0.15) is 0 Å². The van der Waals surface area contributed by atoms with Crippen molar-refractivity contribution in [2.75, 3.05) is 0 Å². The Balaban J connectivity index is 4.23. The average Bonchev–Trinajstić information content (AvgIpc) is 1.99. The standard InChI is InChI=1S/C10H15IOSi/c1-9(8-11)7-10(12)5-6-13(2,3)4/h8H,7H2,1-4H3/b9-8-. The van der Waals surface area contributed by atoms with E-state index in [1.54, 1.807) is 0 Å². The van der Waals surface area contributed by atoms with E-state index in [0.717, 1.165) is 5.57 Å². The van der Waals surface area contributed by atoms with E-state index < -0.39 is 8.07 Å². The zero-order chi connectivity index (χ0) is 10.5. The number of Topliss-reactive ketones (excluding diaryl/α,β-unsaturated/α-hetero) is 1. The van der Waals surface area contributed by atoms with Crippen LogP contribution >= 0.6 is 22.6 Å². The summed E-state index contributed by atoms with van der Waals surface area (Å²) in [6.45, 7) is 8.34. The van der Waals surface area contributed by atoms with Gasteiger partial charge in [0, 0.05) is 6.42 Å². The number of carbonyl (C=O) groups is 1. The molecule has 0 heterocycles. The van der Waals surface area contributed by atoms with Crippen molar-refractivity contribution in [3.63, 3.8) is 0 Å². The molecular weight excluding hydrogens is 291 g/mol. The second-order valence-corrected chi connectivity index (χ2v) is 9.43. The lowest BCUT2D eigenvalue weighted by atomic mass is 10.2. The monoisotopic (exact) mass is 306 g/mol. The number of rotatable bonds is 2. The Bertz CT molecular complexity index is 276. The van der Waals surface area contributed by atoms with Crippen molar-refractivity contribution in [3.05, 3.63) is 9.66 Å². The summed E-state index contributed by atoms with van der Waals surface area (Å²) in [6, 6.07) is 0. The van der Waals surface area contributed by atoms with Crippen LogP contribution in [0.4, 0.5) is 0 Å². The van der Waals surface area contributed by atoms with E-state index in [-0.39, 0.29) is 5.78 Å². The van der Waals surface area contributed by atoms with Crippen LogP contribution in [0.5, 0.6) is 0 Å². The van der Waals surface area contributed by atoms with Crippen molar-refractivity contribution in [1.82, 2.24) is 0 Å². The Morgan fingerprint density at radius 3 is 2.38 bits per heavy atom. The van der Waals surface area contributed by atoms with Gasteiger partial charge < -0.3 is 0 Å². The van der Waals surface area contributed by atoms with E-state index in [9.17, 15) is 4.79 Å². The topological polar surface area (TPSA) is 17.1 Å². The molecule has 0 aliphatic heterocycles. The SMILES string of the molecule is C/C(=C/I)CC(=O)C#C[Si](C)(C)C. The summed E-state index contributed by atoms with van der Waals surface area (Å²) in [6.07, 6.45) is 0.473. The van der Waals surface area contributed by atoms with Crippen LogP contribution < -0.4 is 0 Å². The van der Waals surface area contributed by atoms with E-state index in [1.165, 1.54) is 0 Å². The van der Waals surface area contributed by atoms with Gasteiger partial charge in [-0.1, -0.05) is 47.8 Å². The molecule has 0 atom stereocenters. The number of hydrogen-bond acceptors (Lipinski definition) is 1. The fourth-order valence-electron chi connectivity index (χ4n) is 0.593. The molecule has 0 N–H and O–H groups in total. The molecular formula is C10H15IOSi. The van der Waals surface area contributed by atoms with Crippen molar-refractivity contribution >= 4 is 36.4 Å². The number of carbonyl (C=O) groups excluding carboxylic acids is 1. The summed E-state index contributed by atoms with van der Waals surface area (Å²) < 4.78 is 1.92. The van der Waals surface area contributed by atoms with Gasteiger partial charge in [0.2, 0.25) is 5.78 Å². The predicted octanol–water partition coefficient (Wildman–Crippen LogP) is 3.17. The summed E-state index contributed by atoms with van der Waals surface area (Å²) in [5.74, 6) is 2.75. The minimum atomic E-state index is -1.38. The highest BCUT2D eigenvalue weighted by atomic mass is 127. The lowest BCUT2D eigenvalue weighted by Gasteiger charge is -2.02. The van der Waals surface area contributed by atoms with Gasteiger partial charge in [0.05, 0.1) is 0 Å². The Morgan fingerprint density at radius 2 is 2.00 bits per heavy atom. The van der Waals surface area contributed by atoms with Crippen LogP contribution in [0.3, 0.4) is 0 Å². The summed E-state index contributed by atoms with van der Waals surface area (Å²) in [4.78, 5) is 11.3. The highest BCUT2D eigenvalue weighted by Crippen LogP contribution is 2.04. The molecule has 72 valence electrons. The molecule has 0 rings (SSSR count). The lowest BCUT2D eigenvalue weighted by Crippen LogP contribution is -2.17. The number of ketones is 1. The molecule has 0 saturated carbocycles. The van der Waals surface area contributed by atoms with Crippen LogP contribution in [0.25, 0.3) is 0 Å². The first-order valence-electron chi connectivity index (χ1n) is 4.17. The third-order valence-corrected chi connectivity index (χ3v) is 3.14. The number of hydrogen-bond donors (Lipinski definition) is 0. The van der Waals surface area contributed by atoms with Gasteiger partial charge in [0.1, 0.15) is 8.07 Å². The molecule has 0 fully saturated rings. The Kier molecular flexibility index (Phi) is 5.57. The van der Waals surface area contributed by atoms with Gasteiger partial charge in [0.15, 0.2) is 0 Å². The highest BCUT2D eigenvalue weighted by molar-refractivity contribution is 14.1. The molecule has 0 spiro atoms. The van der Waals surface area contributed by atoms with Crippen LogP contribution in [0.15, 0.2) is 9.66 Å². The third-order valence-electron chi connectivity index (χ3n) is 1.20. The molecule has 3 heteroatoms. The third kappa shape index (κ3) is 8.25. The van der Waals surface area contributed by atoms with Crippen LogP contribution in [0, 0.1) is 11.5 Å². The molecule has 0 aliphatic rings. The largest absolute Gasteiger partial charge is 0.285 e. The smallest absolute Gasteiger partial charge is 0.208 e. The Morgan fingerprint density at radius 1 is 1.46 bits per heavy atom. The molecule has 0 aromatic heterocycles. The zero-order valence-electron chi connectivity index (χ0n) is 8.57. The minimum Gasteiger partial charge on any atom is -0.285 e. The van der Waals surface area contributed by atoms with Gasteiger partial charge >= 0.3 is 0 Å². The van der Waals surface area contributed by atoms with Crippen LogP contribution in [0.1, 0.15) is 13.3 Å². The van der Waals surface area contributed by atoms with Gasteiger partial charge in [-0.25, -0.2) is 0 Å². The molecule has 0 aliphatic carbocycles. The fourth-order valence-corrected chi connectivity index (χ4v) is 1.33. The summed E-state index contributed by atoms with van der Waals surface area (Å²) in [5, 5.41) is 0. The second kappa shape index (κ2) is 5.61. The first-order valence-corrected chi connectivity index (χ1v) is 8.91. The first-order chi connectivity index (χ1) is 5.85. The summed E-state index contributed by atoms with van der Waals surface area (Å²) in [5.41, 5.74) is 4.14. The van der Waals surface area contributed by atoms with Crippen LogP contribution in [-0.4, -0.2) is 13.9 Å². The summed E-state index contributed by atoms with van der Waals surface area (Å²) in [7, 11) is -1.38. The van der Waals surface area contributed by atoms with Gasteiger partial charge in [-0.05, 0) is 16.9 Å². The van der Waals surface area contributed by atoms with Crippen molar-refractivity contribution < 1.29 is 4.79 Å². The minimum absolute atomic E-state index is 0.0350. The first kappa shape index (κ1) is 12.9. The van der Waals surface area contributed by atoms with Crippen LogP contribution in [-0.2, 0) is 4.79 Å². The lowest BCUT2D eigenvalue weighted by molar-refractivity contribution is -0.113. The normalized spacial score (nSPS) is 11.9. The molecule has 13 heavy (non-hydrogen) atoms. The zero-order valence-corrected chi connectivity index (χ0v) is 11.7. The number of halogens is 1. The Hall–Kier alpha value is -0.0831. The Labute approximate surface area is 95.1 Å². The van der Waals surface area contributed by atoms with E-state index in [1.807, 2.05) is 11.0 Å². The van der Waals surface area contributed by atoms with Crippen LogP contribution in [0.2, 0.25) is 19.6 Å². The molecule has 0 aromatic rings. The maximum absolute atomic E-state index is 11.3. The molecule has 0 unspecified atom stereocenters. The van der Waals surface area contributed by atoms with E-state index >= 15 is 0 Å². The molecule has 0 radical (unpaired) electrons. The van der Waals surface area contributed by atoms with Crippen molar-refractivity contribution in [1.29, 1.82) is 0 Å². The quantitative estimate of drug-likeness (QED) is 0.435. The summed E-state index contributed by atoms with van der Waals surface area (Å²) >= 11 is 2.14. The molecule has 1 nitrogen and oxygen atoms in total. The van der Waals surface area contributed by atoms with Gasteiger partial charge in [0.25, 0.3) is 0 Å². The van der Waals surface area contributed by atoms with E-state index in [4.69, 9.17) is 0 Å². The molecule has 0 aromatic carbocycles. The predicted molar refractivity (Wildman–Crippen MR) is 68.5 cm³/mol. The maximum Gasteiger partial charge on any atom is 0.208 e. The van der Waals surface area contributed by atoms with Crippen molar-refractivity contribution in [2.24, 2.45) is 0 Å². The molecule has 0 bridgehead atoms. The van der Waals surface area contributed by atoms with Crippen molar-refractivity contribution in [2.45, 2.75) is 33.0 Å². The second-order valence-electron chi connectivity index (χ2n) is 4.06. The molecule has 0 saturated heterocycles. The van der Waals surface area contributed by atoms with Gasteiger partial charge in [-0.15, -0.1) is 5.54 Å². The average molecular weight is 306 g/mol. The van der Waals surface area contributed by atoms with Gasteiger partial charge in [-0.3, -0.25) is 4.79 Å². The van der Waals surface area contributed by atoms with E-state index in [2.05, 4.69) is 53.7 Å². The van der Waals surface area contributed by atoms with E-state index in [0.29, 0.717) is 6.42 Å². The molecule has 0 amide bonds. The maximum atomic E-state index is 11.3.